The van der Waals surface area contributed by atoms with Crippen LogP contribution in [0.3, 0.4) is 0 Å². The zero-order valence-electron chi connectivity index (χ0n) is 9.94. The Balaban J connectivity index is 1.95. The molecule has 1 N–H and O–H groups in total. The Morgan fingerprint density at radius 1 is 1.24 bits per heavy atom. The first kappa shape index (κ1) is 10.3. The highest BCUT2D eigenvalue weighted by Gasteiger charge is 2.29. The third kappa shape index (κ3) is 1.78. The number of nitrogens with one attached hydrogen (secondary N) is 1. The zero-order chi connectivity index (χ0) is 11.8. The molecule has 0 saturated heterocycles. The summed E-state index contributed by atoms with van der Waals surface area (Å²) in [6.07, 6.45) is 1.61. The zero-order valence-corrected chi connectivity index (χ0v) is 9.94. The van der Waals surface area contributed by atoms with Crippen LogP contribution in [0.1, 0.15) is 24.4 Å². The van der Waals surface area contributed by atoms with Gasteiger partial charge in [0.05, 0.1) is 18.0 Å². The molecule has 2 atom stereocenters. The van der Waals surface area contributed by atoms with E-state index in [1.807, 2.05) is 18.2 Å². The van der Waals surface area contributed by atoms with Crippen LogP contribution in [0.4, 0.5) is 5.69 Å². The van der Waals surface area contributed by atoms with Gasteiger partial charge < -0.3 is 14.5 Å². The van der Waals surface area contributed by atoms with Crippen molar-refractivity contribution < 1.29 is 9.15 Å². The number of furan rings is 1. The second-order valence-corrected chi connectivity index (χ2v) is 4.49. The highest BCUT2D eigenvalue weighted by atomic mass is 16.5. The maximum absolute atomic E-state index is 5.99. The van der Waals surface area contributed by atoms with Gasteiger partial charge in [0, 0.05) is 0 Å². The van der Waals surface area contributed by atoms with Crippen LogP contribution in [0.25, 0.3) is 0 Å². The molecule has 88 valence electrons. The number of hydrogen-bond donors (Lipinski definition) is 1. The lowest BCUT2D eigenvalue weighted by molar-refractivity contribution is 0.151. The average Bonchev–Trinajstić information content (AvgIpc) is 2.81. The maximum atomic E-state index is 5.99. The summed E-state index contributed by atoms with van der Waals surface area (Å²) in [6, 6.07) is 10.2. The Labute approximate surface area is 100 Å². The minimum absolute atomic E-state index is 0.0693. The first-order valence-corrected chi connectivity index (χ1v) is 5.81. The van der Waals surface area contributed by atoms with Crippen molar-refractivity contribution in [3.8, 4) is 5.75 Å². The molecular weight excluding hydrogens is 214 g/mol. The summed E-state index contributed by atoms with van der Waals surface area (Å²) in [5.41, 5.74) is 2.28. The van der Waals surface area contributed by atoms with E-state index in [0.717, 1.165) is 17.2 Å². The van der Waals surface area contributed by atoms with Gasteiger partial charge in [-0.15, -0.1) is 0 Å². The van der Waals surface area contributed by atoms with E-state index in [9.17, 15) is 0 Å². The van der Waals surface area contributed by atoms with Crippen LogP contribution in [-0.4, -0.2) is 6.04 Å². The van der Waals surface area contributed by atoms with Gasteiger partial charge >= 0.3 is 0 Å². The highest BCUT2D eigenvalue weighted by Crippen LogP contribution is 2.37. The Bertz CT molecular complexity index is 519. The van der Waals surface area contributed by atoms with Crippen molar-refractivity contribution >= 4 is 5.69 Å². The van der Waals surface area contributed by atoms with Gasteiger partial charge in [-0.1, -0.05) is 6.07 Å². The molecule has 17 heavy (non-hydrogen) atoms. The summed E-state index contributed by atoms with van der Waals surface area (Å²) >= 11 is 0. The molecule has 1 aromatic carbocycles. The van der Waals surface area contributed by atoms with E-state index in [1.54, 1.807) is 6.26 Å². The van der Waals surface area contributed by atoms with Gasteiger partial charge in [-0.2, -0.15) is 0 Å². The number of ether oxygens (including phenoxy) is 1. The second kappa shape index (κ2) is 3.84. The first-order valence-electron chi connectivity index (χ1n) is 5.81. The smallest absolute Gasteiger partial charge is 0.176 e. The summed E-state index contributed by atoms with van der Waals surface area (Å²) in [5, 5.41) is 3.45. The average molecular weight is 229 g/mol. The van der Waals surface area contributed by atoms with Crippen LogP contribution in [0.5, 0.6) is 5.75 Å². The first-order chi connectivity index (χ1) is 8.24. The van der Waals surface area contributed by atoms with E-state index in [0.29, 0.717) is 0 Å². The summed E-state index contributed by atoms with van der Waals surface area (Å²) in [7, 11) is 0. The predicted octanol–water partition coefficient (Wildman–Crippen LogP) is 3.52. The molecular formula is C14H15NO2. The Morgan fingerprint density at radius 3 is 2.88 bits per heavy atom. The molecule has 0 aliphatic carbocycles. The number of rotatable bonds is 1. The van der Waals surface area contributed by atoms with Gasteiger partial charge in [-0.25, -0.2) is 0 Å². The molecule has 1 aliphatic rings. The van der Waals surface area contributed by atoms with Crippen LogP contribution in [0.15, 0.2) is 41.0 Å². The van der Waals surface area contributed by atoms with Gasteiger partial charge in [-0.05, 0) is 43.7 Å². The summed E-state index contributed by atoms with van der Waals surface area (Å²) in [4.78, 5) is 0. The monoisotopic (exact) mass is 229 g/mol. The number of hydrogen-bond acceptors (Lipinski definition) is 3. The van der Waals surface area contributed by atoms with E-state index < -0.39 is 0 Å². The van der Waals surface area contributed by atoms with Crippen LogP contribution in [-0.2, 0) is 0 Å². The third-order valence-electron chi connectivity index (χ3n) is 3.05. The number of aryl methyl sites for hydroxylation is 1. The summed E-state index contributed by atoms with van der Waals surface area (Å²) in [6.45, 7) is 4.17. The fraction of sp³-hybridized carbons (Fsp3) is 0.286. The van der Waals surface area contributed by atoms with Gasteiger partial charge in [0.15, 0.2) is 6.10 Å². The normalized spacial score (nSPS) is 22.5. The lowest BCUT2D eigenvalue weighted by atomic mass is 10.1. The Morgan fingerprint density at radius 2 is 2.12 bits per heavy atom. The van der Waals surface area contributed by atoms with E-state index >= 15 is 0 Å². The molecule has 0 bridgehead atoms. The molecule has 3 rings (SSSR count). The van der Waals surface area contributed by atoms with Crippen molar-refractivity contribution in [1.82, 2.24) is 0 Å². The quantitative estimate of drug-likeness (QED) is 0.812. The highest BCUT2D eigenvalue weighted by molar-refractivity contribution is 5.60. The summed E-state index contributed by atoms with van der Waals surface area (Å²) < 4.78 is 11.4. The minimum atomic E-state index is -0.0693. The van der Waals surface area contributed by atoms with Crippen molar-refractivity contribution in [3.63, 3.8) is 0 Å². The molecule has 2 unspecified atom stereocenters. The Kier molecular flexibility index (Phi) is 2.32. The van der Waals surface area contributed by atoms with E-state index in [4.69, 9.17) is 9.15 Å². The van der Waals surface area contributed by atoms with Gasteiger partial charge in [0.2, 0.25) is 0 Å². The molecule has 0 radical (unpaired) electrons. The topological polar surface area (TPSA) is 34.4 Å². The van der Waals surface area contributed by atoms with Crippen LogP contribution in [0, 0.1) is 6.92 Å². The number of anilines is 1. The largest absolute Gasteiger partial charge is 0.478 e. The predicted molar refractivity (Wildman–Crippen MR) is 66.3 cm³/mol. The Hall–Kier alpha value is -1.90. The molecule has 0 saturated carbocycles. The SMILES string of the molecule is Cc1ccc2c(c1)NC(C)C(c1ccco1)O2. The molecule has 1 aromatic heterocycles. The van der Waals surface area contributed by atoms with E-state index in [-0.39, 0.29) is 12.1 Å². The van der Waals surface area contributed by atoms with Gasteiger partial charge in [0.1, 0.15) is 11.5 Å². The summed E-state index contributed by atoms with van der Waals surface area (Å²) in [5.74, 6) is 1.74. The van der Waals surface area contributed by atoms with Crippen molar-refractivity contribution in [2.45, 2.75) is 26.0 Å². The van der Waals surface area contributed by atoms with Crippen molar-refractivity contribution in [1.29, 1.82) is 0 Å². The van der Waals surface area contributed by atoms with Crippen LogP contribution < -0.4 is 10.1 Å². The van der Waals surface area contributed by atoms with E-state index in [2.05, 4.69) is 31.3 Å². The third-order valence-corrected chi connectivity index (χ3v) is 3.05. The molecule has 2 heterocycles. The number of benzene rings is 1. The maximum Gasteiger partial charge on any atom is 0.176 e. The second-order valence-electron chi connectivity index (χ2n) is 4.49. The minimum Gasteiger partial charge on any atom is -0.478 e. The molecule has 3 heteroatoms. The lowest BCUT2D eigenvalue weighted by Crippen LogP contribution is -2.32. The standard InChI is InChI=1S/C14H15NO2/c1-9-5-6-12-11(8-9)15-10(2)14(17-12)13-4-3-7-16-13/h3-8,10,14-15H,1-2H3. The molecule has 1 aliphatic heterocycles. The van der Waals surface area contributed by atoms with Crippen molar-refractivity contribution in [2.24, 2.45) is 0 Å². The van der Waals surface area contributed by atoms with Crippen LogP contribution in [0.2, 0.25) is 0 Å². The van der Waals surface area contributed by atoms with E-state index in [1.165, 1.54) is 5.56 Å². The number of fused-ring (bicyclic) bond motifs is 1. The molecule has 0 spiro atoms. The molecule has 3 nitrogen and oxygen atoms in total. The molecule has 2 aromatic rings. The van der Waals surface area contributed by atoms with Gasteiger partial charge in [0.25, 0.3) is 0 Å². The van der Waals surface area contributed by atoms with Gasteiger partial charge in [-0.3, -0.25) is 0 Å². The van der Waals surface area contributed by atoms with Crippen LogP contribution >= 0.6 is 0 Å². The van der Waals surface area contributed by atoms with Crippen molar-refractivity contribution in [2.75, 3.05) is 5.32 Å². The lowest BCUT2D eigenvalue weighted by Gasteiger charge is -2.32. The molecule has 0 fully saturated rings. The molecule has 0 amide bonds. The fourth-order valence-electron chi connectivity index (χ4n) is 2.18. The fourth-order valence-corrected chi connectivity index (χ4v) is 2.18. The van der Waals surface area contributed by atoms with Crippen molar-refractivity contribution in [3.05, 3.63) is 47.9 Å².